The molecule has 0 saturated heterocycles. The number of benzene rings is 2. The number of aromatic amines is 3. The minimum Gasteiger partial charge on any atom is -0.332 e. The predicted molar refractivity (Wildman–Crippen MR) is 80.3 cm³/mol. The monoisotopic (exact) mass is 278 g/mol. The second kappa shape index (κ2) is 4.17. The molecule has 0 saturated carbocycles. The van der Waals surface area contributed by atoms with Gasteiger partial charge in [0.1, 0.15) is 11.3 Å². The van der Waals surface area contributed by atoms with Crippen molar-refractivity contribution in [2.45, 2.75) is 0 Å². The number of H-pyrrole nitrogens is 3. The van der Waals surface area contributed by atoms with Crippen molar-refractivity contribution in [3.8, 4) is 11.4 Å². The van der Waals surface area contributed by atoms with E-state index in [0.29, 0.717) is 5.82 Å². The van der Waals surface area contributed by atoms with Gasteiger partial charge in [-0.15, -0.1) is 0 Å². The summed E-state index contributed by atoms with van der Waals surface area (Å²) in [6.45, 7) is 0. The Labute approximate surface area is 117 Å². The molecule has 0 fully saturated rings. The second-order valence-electron chi connectivity index (χ2n) is 4.74. The molecule has 0 aliphatic carbocycles. The number of imidazole rings is 1. The van der Waals surface area contributed by atoms with E-state index in [0.717, 1.165) is 16.3 Å². The molecule has 4 aromatic rings. The molecule has 4 rings (SSSR count). The van der Waals surface area contributed by atoms with Gasteiger partial charge in [0.05, 0.1) is 0 Å². The van der Waals surface area contributed by atoms with E-state index in [1.165, 1.54) is 0 Å². The average Bonchev–Trinajstić information content (AvgIpc) is 2.90. The van der Waals surface area contributed by atoms with Gasteiger partial charge >= 0.3 is 5.69 Å². The van der Waals surface area contributed by atoms with Crippen LogP contribution in [-0.2, 0) is 0 Å². The summed E-state index contributed by atoms with van der Waals surface area (Å²) in [6, 6.07) is 13.8. The van der Waals surface area contributed by atoms with E-state index in [9.17, 15) is 9.59 Å². The highest BCUT2D eigenvalue weighted by Crippen LogP contribution is 2.26. The van der Waals surface area contributed by atoms with Crippen LogP contribution in [0.15, 0.2) is 52.1 Å². The molecule has 6 nitrogen and oxygen atoms in total. The largest absolute Gasteiger partial charge is 0.332 e. The first-order chi connectivity index (χ1) is 10.2. The van der Waals surface area contributed by atoms with Crippen LogP contribution in [0, 0.1) is 0 Å². The van der Waals surface area contributed by atoms with Gasteiger partial charge in [-0.05, 0) is 10.8 Å². The molecule has 0 spiro atoms. The number of rotatable bonds is 1. The maximum absolute atomic E-state index is 11.8. The Morgan fingerprint density at radius 3 is 2.57 bits per heavy atom. The Hall–Kier alpha value is -3.15. The maximum Gasteiger partial charge on any atom is 0.327 e. The molecule has 0 radical (unpaired) electrons. The lowest BCUT2D eigenvalue weighted by atomic mass is 10.0. The third kappa shape index (κ3) is 1.77. The molecule has 102 valence electrons. The third-order valence-electron chi connectivity index (χ3n) is 3.43. The van der Waals surface area contributed by atoms with Crippen molar-refractivity contribution in [1.82, 2.24) is 19.9 Å². The standard InChI is InChI=1S/C15H10N4O2/c20-14-11-13(18-15(21)19-14)17-12(16-11)10-7-3-5-8-4-1-2-6-9(8)10/h1-7H,(H3,16,17,18,19,20,21). The van der Waals surface area contributed by atoms with Gasteiger partial charge in [-0.1, -0.05) is 42.5 Å². The van der Waals surface area contributed by atoms with Crippen LogP contribution in [0.3, 0.4) is 0 Å². The number of fused-ring (bicyclic) bond motifs is 2. The topological polar surface area (TPSA) is 94.4 Å². The summed E-state index contributed by atoms with van der Waals surface area (Å²) in [5, 5.41) is 2.11. The lowest BCUT2D eigenvalue weighted by Gasteiger charge is -2.02. The highest BCUT2D eigenvalue weighted by Gasteiger charge is 2.11. The first-order valence-corrected chi connectivity index (χ1v) is 6.43. The molecule has 2 aromatic carbocycles. The van der Waals surface area contributed by atoms with Gasteiger partial charge in [-0.3, -0.25) is 14.8 Å². The van der Waals surface area contributed by atoms with E-state index >= 15 is 0 Å². The van der Waals surface area contributed by atoms with Crippen LogP contribution in [0.1, 0.15) is 0 Å². The van der Waals surface area contributed by atoms with E-state index < -0.39 is 11.2 Å². The van der Waals surface area contributed by atoms with Gasteiger partial charge in [-0.2, -0.15) is 0 Å². The van der Waals surface area contributed by atoms with Crippen molar-refractivity contribution in [3.63, 3.8) is 0 Å². The Morgan fingerprint density at radius 2 is 1.67 bits per heavy atom. The van der Waals surface area contributed by atoms with Crippen LogP contribution >= 0.6 is 0 Å². The number of aromatic nitrogens is 4. The SMILES string of the molecule is O=c1[nH]c(=O)c2[nH]c(-c3cccc4ccccc34)nc2[nH]1. The van der Waals surface area contributed by atoms with Gasteiger partial charge in [0, 0.05) is 5.56 Å². The molecule has 3 N–H and O–H groups in total. The fourth-order valence-corrected chi connectivity index (χ4v) is 2.49. The van der Waals surface area contributed by atoms with Crippen molar-refractivity contribution in [2.75, 3.05) is 0 Å². The summed E-state index contributed by atoms with van der Waals surface area (Å²) in [5.41, 5.74) is 0.352. The summed E-state index contributed by atoms with van der Waals surface area (Å²) in [6.07, 6.45) is 0. The number of nitrogens with one attached hydrogen (secondary N) is 3. The minimum atomic E-state index is -0.566. The van der Waals surface area contributed by atoms with Crippen LogP contribution in [0.4, 0.5) is 0 Å². The molecule has 2 aromatic heterocycles. The lowest BCUT2D eigenvalue weighted by molar-refractivity contribution is 1.07. The van der Waals surface area contributed by atoms with Gasteiger partial charge in [0.25, 0.3) is 5.56 Å². The predicted octanol–water partition coefficient (Wildman–Crippen LogP) is 1.76. The average molecular weight is 278 g/mol. The Kier molecular flexibility index (Phi) is 2.32. The third-order valence-corrected chi connectivity index (χ3v) is 3.43. The lowest BCUT2D eigenvalue weighted by Crippen LogP contribution is -2.21. The number of nitrogens with zero attached hydrogens (tertiary/aromatic N) is 1. The summed E-state index contributed by atoms with van der Waals surface area (Å²) >= 11 is 0. The Morgan fingerprint density at radius 1 is 0.857 bits per heavy atom. The first-order valence-electron chi connectivity index (χ1n) is 6.43. The molecule has 0 atom stereocenters. The highest BCUT2D eigenvalue weighted by atomic mass is 16.2. The maximum atomic E-state index is 11.8. The van der Waals surface area contributed by atoms with E-state index in [4.69, 9.17) is 0 Å². The fourth-order valence-electron chi connectivity index (χ4n) is 2.49. The van der Waals surface area contributed by atoms with Crippen LogP contribution in [0.2, 0.25) is 0 Å². The minimum absolute atomic E-state index is 0.256. The van der Waals surface area contributed by atoms with Gasteiger partial charge in [-0.25, -0.2) is 9.78 Å². The van der Waals surface area contributed by atoms with E-state index in [2.05, 4.69) is 19.9 Å². The van der Waals surface area contributed by atoms with Gasteiger partial charge in [0.2, 0.25) is 0 Å². The molecule has 0 aliphatic rings. The van der Waals surface area contributed by atoms with Gasteiger partial charge < -0.3 is 4.98 Å². The normalized spacial score (nSPS) is 11.2. The summed E-state index contributed by atoms with van der Waals surface area (Å²) < 4.78 is 0. The Balaban J connectivity index is 2.07. The Bertz CT molecular complexity index is 1080. The van der Waals surface area contributed by atoms with Crippen molar-refractivity contribution < 1.29 is 0 Å². The number of hydrogen-bond acceptors (Lipinski definition) is 3. The van der Waals surface area contributed by atoms with E-state index in [-0.39, 0.29) is 11.2 Å². The van der Waals surface area contributed by atoms with Crippen LogP contribution in [-0.4, -0.2) is 19.9 Å². The second-order valence-corrected chi connectivity index (χ2v) is 4.74. The molecule has 0 unspecified atom stereocenters. The summed E-state index contributed by atoms with van der Waals surface area (Å²) in [5.74, 6) is 0.550. The molecule has 0 bridgehead atoms. The fraction of sp³-hybridized carbons (Fsp3) is 0. The smallest absolute Gasteiger partial charge is 0.327 e. The molecule has 21 heavy (non-hydrogen) atoms. The van der Waals surface area contributed by atoms with E-state index in [1.807, 2.05) is 42.5 Å². The number of hydrogen-bond donors (Lipinski definition) is 3. The molecule has 6 heteroatoms. The molecular weight excluding hydrogens is 268 g/mol. The highest BCUT2D eigenvalue weighted by molar-refractivity contribution is 5.96. The molecular formula is C15H10N4O2. The van der Waals surface area contributed by atoms with Crippen LogP contribution < -0.4 is 11.2 Å². The van der Waals surface area contributed by atoms with Crippen LogP contribution in [0.25, 0.3) is 33.3 Å². The van der Waals surface area contributed by atoms with Crippen LogP contribution in [0.5, 0.6) is 0 Å². The first kappa shape index (κ1) is 11.7. The molecule has 0 aliphatic heterocycles. The zero-order valence-corrected chi connectivity index (χ0v) is 10.8. The molecule has 2 heterocycles. The summed E-state index contributed by atoms with van der Waals surface area (Å²) in [4.78, 5) is 35.0. The van der Waals surface area contributed by atoms with Crippen molar-refractivity contribution in [2.24, 2.45) is 0 Å². The van der Waals surface area contributed by atoms with Crippen molar-refractivity contribution >= 4 is 21.9 Å². The zero-order chi connectivity index (χ0) is 14.4. The quantitative estimate of drug-likeness (QED) is 0.495. The summed E-state index contributed by atoms with van der Waals surface area (Å²) in [7, 11) is 0. The molecule has 0 amide bonds. The van der Waals surface area contributed by atoms with E-state index in [1.54, 1.807) is 0 Å². The zero-order valence-electron chi connectivity index (χ0n) is 10.8. The van der Waals surface area contributed by atoms with Crippen molar-refractivity contribution in [3.05, 3.63) is 63.3 Å². The van der Waals surface area contributed by atoms with Crippen molar-refractivity contribution in [1.29, 1.82) is 0 Å². The van der Waals surface area contributed by atoms with Gasteiger partial charge in [0.15, 0.2) is 5.65 Å².